The lowest BCUT2D eigenvalue weighted by Crippen LogP contribution is -2.53. The fraction of sp³-hybridized carbons (Fsp3) is 0.385. The van der Waals surface area contributed by atoms with Gasteiger partial charge in [0.1, 0.15) is 5.54 Å². The minimum Gasteiger partial charge on any atom is -0.480 e. The first-order chi connectivity index (χ1) is 8.40. The van der Waals surface area contributed by atoms with Crippen molar-refractivity contribution in [2.75, 3.05) is 0 Å². The number of carboxylic acids is 1. The van der Waals surface area contributed by atoms with Crippen molar-refractivity contribution in [1.29, 1.82) is 0 Å². The predicted octanol–water partition coefficient (Wildman–Crippen LogP) is 1.09. The Bertz CT molecular complexity index is 432. The molecule has 2 unspecified atom stereocenters. The SMILES string of the molecule is CCC(C)(NC(=O)C(O)c1ccccc1)C(=O)O. The maximum Gasteiger partial charge on any atom is 0.329 e. The van der Waals surface area contributed by atoms with Gasteiger partial charge in [0.15, 0.2) is 6.10 Å². The van der Waals surface area contributed by atoms with Crippen LogP contribution in [0.1, 0.15) is 31.9 Å². The van der Waals surface area contributed by atoms with Crippen LogP contribution in [0.25, 0.3) is 0 Å². The number of hydrogen-bond acceptors (Lipinski definition) is 3. The second-order valence-corrected chi connectivity index (χ2v) is 4.29. The van der Waals surface area contributed by atoms with E-state index in [-0.39, 0.29) is 6.42 Å². The molecule has 1 rings (SSSR count). The lowest BCUT2D eigenvalue weighted by molar-refractivity contribution is -0.148. The third-order valence-electron chi connectivity index (χ3n) is 2.94. The maximum atomic E-state index is 11.8. The highest BCUT2D eigenvalue weighted by molar-refractivity contribution is 5.89. The maximum absolute atomic E-state index is 11.8. The Hall–Kier alpha value is -1.88. The second-order valence-electron chi connectivity index (χ2n) is 4.29. The number of carbonyl (C=O) groups excluding carboxylic acids is 1. The van der Waals surface area contributed by atoms with E-state index in [0.29, 0.717) is 5.56 Å². The molecule has 0 saturated heterocycles. The van der Waals surface area contributed by atoms with Crippen molar-refractivity contribution in [3.8, 4) is 0 Å². The highest BCUT2D eigenvalue weighted by Crippen LogP contribution is 2.16. The molecule has 98 valence electrons. The molecular formula is C13H17NO4. The Kier molecular flexibility index (Phi) is 4.44. The first-order valence-electron chi connectivity index (χ1n) is 5.69. The highest BCUT2D eigenvalue weighted by atomic mass is 16.4. The van der Waals surface area contributed by atoms with Crippen LogP contribution >= 0.6 is 0 Å². The summed E-state index contributed by atoms with van der Waals surface area (Å²) in [4.78, 5) is 22.8. The molecule has 2 atom stereocenters. The van der Waals surface area contributed by atoms with Crippen molar-refractivity contribution in [3.05, 3.63) is 35.9 Å². The monoisotopic (exact) mass is 251 g/mol. The summed E-state index contributed by atoms with van der Waals surface area (Å²) in [6.45, 7) is 3.06. The van der Waals surface area contributed by atoms with Crippen molar-refractivity contribution in [1.82, 2.24) is 5.32 Å². The van der Waals surface area contributed by atoms with E-state index in [2.05, 4.69) is 5.32 Å². The van der Waals surface area contributed by atoms with Gasteiger partial charge in [-0.05, 0) is 18.9 Å². The highest BCUT2D eigenvalue weighted by Gasteiger charge is 2.34. The third kappa shape index (κ3) is 3.07. The van der Waals surface area contributed by atoms with Crippen molar-refractivity contribution < 1.29 is 19.8 Å². The summed E-state index contributed by atoms with van der Waals surface area (Å²) in [7, 11) is 0. The van der Waals surface area contributed by atoms with Crippen molar-refractivity contribution in [3.63, 3.8) is 0 Å². The van der Waals surface area contributed by atoms with E-state index in [4.69, 9.17) is 5.11 Å². The Balaban J connectivity index is 2.80. The molecule has 0 heterocycles. The molecule has 0 aliphatic heterocycles. The van der Waals surface area contributed by atoms with E-state index in [9.17, 15) is 14.7 Å². The Morgan fingerprint density at radius 2 is 1.89 bits per heavy atom. The van der Waals surface area contributed by atoms with Crippen LogP contribution in [0.5, 0.6) is 0 Å². The first-order valence-corrected chi connectivity index (χ1v) is 5.69. The Morgan fingerprint density at radius 1 is 1.33 bits per heavy atom. The van der Waals surface area contributed by atoms with Gasteiger partial charge in [0.05, 0.1) is 0 Å². The number of aliphatic hydroxyl groups is 1. The van der Waals surface area contributed by atoms with Gasteiger partial charge in [0.2, 0.25) is 0 Å². The first kappa shape index (κ1) is 14.2. The average molecular weight is 251 g/mol. The van der Waals surface area contributed by atoms with Crippen LogP contribution in [-0.2, 0) is 9.59 Å². The van der Waals surface area contributed by atoms with E-state index in [1.54, 1.807) is 37.3 Å². The smallest absolute Gasteiger partial charge is 0.329 e. The molecule has 0 bridgehead atoms. The fourth-order valence-corrected chi connectivity index (χ4v) is 1.42. The minimum absolute atomic E-state index is 0.232. The summed E-state index contributed by atoms with van der Waals surface area (Å²) in [5, 5.41) is 21.2. The second kappa shape index (κ2) is 5.64. The standard InChI is InChI=1S/C13H17NO4/c1-3-13(2,12(17)18)14-11(16)10(15)9-7-5-4-6-8-9/h4-8,10,15H,3H2,1-2H3,(H,14,16)(H,17,18). The number of aliphatic hydroxyl groups excluding tert-OH is 1. The van der Waals surface area contributed by atoms with Gasteiger partial charge in [0.25, 0.3) is 5.91 Å². The van der Waals surface area contributed by atoms with Gasteiger partial charge >= 0.3 is 5.97 Å². The van der Waals surface area contributed by atoms with Gasteiger partial charge in [-0.3, -0.25) is 4.79 Å². The summed E-state index contributed by atoms with van der Waals surface area (Å²) >= 11 is 0. The molecule has 5 nitrogen and oxygen atoms in total. The van der Waals surface area contributed by atoms with Crippen LogP contribution in [0, 0.1) is 0 Å². The number of nitrogens with one attached hydrogen (secondary N) is 1. The topological polar surface area (TPSA) is 86.6 Å². The number of aliphatic carboxylic acids is 1. The number of amides is 1. The molecule has 5 heteroatoms. The number of carboxylic acid groups (broad SMARTS) is 1. The number of hydrogen-bond donors (Lipinski definition) is 3. The summed E-state index contributed by atoms with van der Waals surface area (Å²) in [5.74, 6) is -1.84. The van der Waals surface area contributed by atoms with Gasteiger partial charge in [-0.2, -0.15) is 0 Å². The molecule has 1 amide bonds. The largest absolute Gasteiger partial charge is 0.480 e. The molecular weight excluding hydrogens is 234 g/mol. The molecule has 0 fully saturated rings. The van der Waals surface area contributed by atoms with Crippen LogP contribution in [0.4, 0.5) is 0 Å². The molecule has 0 saturated carbocycles. The quantitative estimate of drug-likeness (QED) is 0.731. The zero-order valence-electron chi connectivity index (χ0n) is 10.4. The van der Waals surface area contributed by atoms with Crippen LogP contribution < -0.4 is 5.32 Å². The lowest BCUT2D eigenvalue weighted by atomic mass is 9.98. The van der Waals surface area contributed by atoms with E-state index in [1.165, 1.54) is 6.92 Å². The molecule has 0 aromatic heterocycles. The molecule has 1 aromatic rings. The summed E-state index contributed by atoms with van der Waals surface area (Å²) in [6, 6.07) is 8.37. The zero-order chi connectivity index (χ0) is 13.8. The van der Waals surface area contributed by atoms with E-state index in [0.717, 1.165) is 0 Å². The summed E-state index contributed by atoms with van der Waals surface area (Å²) in [6.07, 6.45) is -1.13. The summed E-state index contributed by atoms with van der Waals surface area (Å²) in [5.41, 5.74) is -0.939. The van der Waals surface area contributed by atoms with E-state index >= 15 is 0 Å². The number of benzene rings is 1. The van der Waals surface area contributed by atoms with E-state index in [1.807, 2.05) is 0 Å². The fourth-order valence-electron chi connectivity index (χ4n) is 1.42. The van der Waals surface area contributed by atoms with Gasteiger partial charge < -0.3 is 15.5 Å². The number of rotatable bonds is 5. The van der Waals surface area contributed by atoms with Crippen LogP contribution in [0.15, 0.2) is 30.3 Å². The predicted molar refractivity (Wildman–Crippen MR) is 65.9 cm³/mol. The van der Waals surface area contributed by atoms with Crippen LogP contribution in [0.3, 0.4) is 0 Å². The molecule has 0 spiro atoms. The van der Waals surface area contributed by atoms with Crippen molar-refractivity contribution in [2.45, 2.75) is 31.9 Å². The molecule has 1 aromatic carbocycles. The Labute approximate surface area is 105 Å². The van der Waals surface area contributed by atoms with Crippen LogP contribution in [0.2, 0.25) is 0 Å². The Morgan fingerprint density at radius 3 is 2.33 bits per heavy atom. The molecule has 18 heavy (non-hydrogen) atoms. The minimum atomic E-state index is -1.37. The van der Waals surface area contributed by atoms with Gasteiger partial charge in [-0.1, -0.05) is 37.3 Å². The van der Waals surface area contributed by atoms with Gasteiger partial charge in [-0.15, -0.1) is 0 Å². The van der Waals surface area contributed by atoms with Crippen molar-refractivity contribution >= 4 is 11.9 Å². The van der Waals surface area contributed by atoms with Crippen molar-refractivity contribution in [2.24, 2.45) is 0 Å². The number of carbonyl (C=O) groups is 2. The lowest BCUT2D eigenvalue weighted by Gasteiger charge is -2.26. The average Bonchev–Trinajstić information content (AvgIpc) is 2.38. The molecule has 0 aliphatic carbocycles. The van der Waals surface area contributed by atoms with Gasteiger partial charge in [0, 0.05) is 0 Å². The van der Waals surface area contributed by atoms with Crippen LogP contribution in [-0.4, -0.2) is 27.6 Å². The molecule has 0 radical (unpaired) electrons. The summed E-state index contributed by atoms with van der Waals surface area (Å²) < 4.78 is 0. The third-order valence-corrected chi connectivity index (χ3v) is 2.94. The normalized spacial score (nSPS) is 15.5. The van der Waals surface area contributed by atoms with E-state index < -0.39 is 23.5 Å². The zero-order valence-corrected chi connectivity index (χ0v) is 10.4. The molecule has 3 N–H and O–H groups in total. The van der Waals surface area contributed by atoms with Gasteiger partial charge in [-0.25, -0.2) is 4.79 Å². The molecule has 0 aliphatic rings.